The molecule has 2 aliphatic rings. The highest BCUT2D eigenvalue weighted by Gasteiger charge is 2.27. The van der Waals surface area contributed by atoms with Crippen molar-refractivity contribution < 1.29 is 9.84 Å². The van der Waals surface area contributed by atoms with Gasteiger partial charge in [0.1, 0.15) is 23.1 Å². The van der Waals surface area contributed by atoms with Crippen LogP contribution in [0.3, 0.4) is 0 Å². The summed E-state index contributed by atoms with van der Waals surface area (Å²) < 4.78 is 5.19. The van der Waals surface area contributed by atoms with Gasteiger partial charge in [-0.2, -0.15) is 0 Å². The normalized spacial score (nSPS) is 17.2. The lowest BCUT2D eigenvalue weighted by atomic mass is 10.0. The maximum atomic E-state index is 10.3. The van der Waals surface area contributed by atoms with Gasteiger partial charge in [0.05, 0.1) is 12.8 Å². The number of nitrogens with zero attached hydrogens (tertiary/aromatic N) is 4. The molecule has 6 heteroatoms. The number of ether oxygens (including phenoxy) is 1. The fourth-order valence-electron chi connectivity index (χ4n) is 4.11. The summed E-state index contributed by atoms with van der Waals surface area (Å²) in [6, 6.07) is 5.52. The SMILES string of the molecule is COc1ccc(CN2CCc3c(nc(C(C)C)nc3N3CCCC3)C2)c(O)c1. The van der Waals surface area contributed by atoms with E-state index in [1.54, 1.807) is 13.2 Å². The first-order valence-electron chi connectivity index (χ1n) is 10.3. The van der Waals surface area contributed by atoms with Crippen LogP contribution >= 0.6 is 0 Å². The Morgan fingerprint density at radius 1 is 1.14 bits per heavy atom. The van der Waals surface area contributed by atoms with Crippen molar-refractivity contribution in [3.05, 3.63) is 40.8 Å². The Balaban J connectivity index is 1.59. The predicted molar refractivity (Wildman–Crippen MR) is 110 cm³/mol. The molecule has 1 saturated heterocycles. The number of hydrogen-bond donors (Lipinski definition) is 1. The molecule has 0 saturated carbocycles. The van der Waals surface area contributed by atoms with Crippen molar-refractivity contribution in [2.24, 2.45) is 0 Å². The van der Waals surface area contributed by atoms with E-state index in [1.807, 2.05) is 12.1 Å². The van der Waals surface area contributed by atoms with Crippen molar-refractivity contribution in [1.82, 2.24) is 14.9 Å². The number of rotatable bonds is 5. The van der Waals surface area contributed by atoms with Crippen LogP contribution in [-0.2, 0) is 19.5 Å². The van der Waals surface area contributed by atoms with Gasteiger partial charge in [-0.3, -0.25) is 4.90 Å². The number of phenolic OH excluding ortho intramolecular Hbond substituents is 1. The first-order valence-corrected chi connectivity index (χ1v) is 10.3. The molecule has 1 aromatic heterocycles. The Hall–Kier alpha value is -2.34. The van der Waals surface area contributed by atoms with Crippen LogP contribution in [0.4, 0.5) is 5.82 Å². The molecule has 0 bridgehead atoms. The fourth-order valence-corrected chi connectivity index (χ4v) is 4.11. The van der Waals surface area contributed by atoms with E-state index in [9.17, 15) is 5.11 Å². The van der Waals surface area contributed by atoms with Crippen LogP contribution in [0.5, 0.6) is 11.5 Å². The van der Waals surface area contributed by atoms with Gasteiger partial charge in [-0.15, -0.1) is 0 Å². The summed E-state index contributed by atoms with van der Waals surface area (Å²) in [6.07, 6.45) is 3.45. The quantitative estimate of drug-likeness (QED) is 0.854. The summed E-state index contributed by atoms with van der Waals surface area (Å²) in [4.78, 5) is 14.7. The van der Waals surface area contributed by atoms with Crippen LogP contribution in [0.15, 0.2) is 18.2 Å². The average Bonchev–Trinajstić information content (AvgIpc) is 3.23. The molecule has 1 N–H and O–H groups in total. The molecule has 4 rings (SSSR count). The van der Waals surface area contributed by atoms with E-state index in [4.69, 9.17) is 14.7 Å². The Morgan fingerprint density at radius 3 is 2.61 bits per heavy atom. The molecule has 0 radical (unpaired) electrons. The summed E-state index contributed by atoms with van der Waals surface area (Å²) in [6.45, 7) is 8.97. The molecule has 28 heavy (non-hydrogen) atoms. The summed E-state index contributed by atoms with van der Waals surface area (Å²) in [5.74, 6) is 3.38. The topological polar surface area (TPSA) is 61.7 Å². The van der Waals surface area contributed by atoms with Crippen LogP contribution < -0.4 is 9.64 Å². The van der Waals surface area contributed by atoms with E-state index < -0.39 is 0 Å². The minimum atomic E-state index is 0.286. The number of benzene rings is 1. The summed E-state index contributed by atoms with van der Waals surface area (Å²) in [5, 5.41) is 10.3. The Morgan fingerprint density at radius 2 is 1.93 bits per heavy atom. The Kier molecular flexibility index (Phi) is 5.40. The van der Waals surface area contributed by atoms with Crippen LogP contribution in [0, 0.1) is 0 Å². The zero-order valence-electron chi connectivity index (χ0n) is 17.1. The molecule has 2 aromatic rings. The molecule has 1 fully saturated rings. The summed E-state index contributed by atoms with van der Waals surface area (Å²) in [7, 11) is 1.61. The zero-order chi connectivity index (χ0) is 19.7. The third-order valence-corrected chi connectivity index (χ3v) is 5.75. The van der Waals surface area contributed by atoms with Crippen LogP contribution in [0.1, 0.15) is 55.3 Å². The average molecular weight is 383 g/mol. The lowest BCUT2D eigenvalue weighted by Crippen LogP contribution is -2.33. The van der Waals surface area contributed by atoms with E-state index in [-0.39, 0.29) is 5.75 Å². The van der Waals surface area contributed by atoms with Gasteiger partial charge in [-0.1, -0.05) is 19.9 Å². The fraction of sp³-hybridized carbons (Fsp3) is 0.545. The number of aromatic hydroxyl groups is 1. The monoisotopic (exact) mass is 382 g/mol. The highest BCUT2D eigenvalue weighted by Crippen LogP contribution is 2.32. The summed E-state index contributed by atoms with van der Waals surface area (Å²) >= 11 is 0. The lowest BCUT2D eigenvalue weighted by Gasteiger charge is -2.32. The number of methoxy groups -OCH3 is 1. The summed E-state index contributed by atoms with van der Waals surface area (Å²) in [5.41, 5.74) is 3.39. The van der Waals surface area contributed by atoms with Gasteiger partial charge >= 0.3 is 0 Å². The largest absolute Gasteiger partial charge is 0.507 e. The molecule has 0 atom stereocenters. The first-order chi connectivity index (χ1) is 13.5. The maximum absolute atomic E-state index is 10.3. The van der Waals surface area contributed by atoms with Gasteiger partial charge < -0.3 is 14.7 Å². The highest BCUT2D eigenvalue weighted by atomic mass is 16.5. The van der Waals surface area contributed by atoms with Gasteiger partial charge in [-0.25, -0.2) is 9.97 Å². The second-order valence-electron chi connectivity index (χ2n) is 8.13. The predicted octanol–water partition coefficient (Wildman–Crippen LogP) is 3.47. The number of fused-ring (bicyclic) bond motifs is 1. The minimum absolute atomic E-state index is 0.286. The van der Waals surface area contributed by atoms with Crippen molar-refractivity contribution in [3.8, 4) is 11.5 Å². The second-order valence-corrected chi connectivity index (χ2v) is 8.13. The number of phenols is 1. The lowest BCUT2D eigenvalue weighted by molar-refractivity contribution is 0.237. The number of anilines is 1. The Bertz CT molecular complexity index is 847. The molecule has 0 spiro atoms. The molecular formula is C22H30N4O2. The van der Waals surface area contributed by atoms with Crippen molar-refractivity contribution in [1.29, 1.82) is 0 Å². The van der Waals surface area contributed by atoms with Gasteiger partial charge in [0.2, 0.25) is 0 Å². The highest BCUT2D eigenvalue weighted by molar-refractivity contribution is 5.51. The van der Waals surface area contributed by atoms with Crippen molar-refractivity contribution in [3.63, 3.8) is 0 Å². The third kappa shape index (κ3) is 3.78. The Labute approximate surface area is 167 Å². The van der Waals surface area contributed by atoms with Crippen LogP contribution in [-0.4, -0.2) is 46.7 Å². The van der Waals surface area contributed by atoms with E-state index in [0.717, 1.165) is 55.5 Å². The van der Waals surface area contributed by atoms with Crippen molar-refractivity contribution in [2.75, 3.05) is 31.6 Å². The van der Waals surface area contributed by atoms with Gasteiger partial charge in [-0.05, 0) is 25.3 Å². The number of aromatic nitrogens is 2. The van der Waals surface area contributed by atoms with E-state index >= 15 is 0 Å². The van der Waals surface area contributed by atoms with Gasteiger partial charge in [0.15, 0.2) is 0 Å². The molecule has 1 aromatic carbocycles. The smallest absolute Gasteiger partial charge is 0.135 e. The molecule has 3 heterocycles. The van der Waals surface area contributed by atoms with Crippen molar-refractivity contribution >= 4 is 5.82 Å². The van der Waals surface area contributed by atoms with Gasteiger partial charge in [0.25, 0.3) is 0 Å². The van der Waals surface area contributed by atoms with E-state index in [1.165, 1.54) is 18.4 Å². The number of hydrogen-bond acceptors (Lipinski definition) is 6. The van der Waals surface area contributed by atoms with Crippen LogP contribution in [0.25, 0.3) is 0 Å². The standard InChI is InChI=1S/C22H30N4O2/c1-15(2)21-23-19-14-25(13-16-6-7-17(28-3)12-20(16)27)11-8-18(19)22(24-21)26-9-4-5-10-26/h6-7,12,15,27H,4-5,8-11,13-14H2,1-3H3. The van der Waals surface area contributed by atoms with E-state index in [0.29, 0.717) is 18.2 Å². The molecule has 6 nitrogen and oxygen atoms in total. The molecule has 0 aliphatic carbocycles. The van der Waals surface area contributed by atoms with Gasteiger partial charge in [0, 0.05) is 55.8 Å². The molecule has 150 valence electrons. The molecule has 2 aliphatic heterocycles. The molecule has 0 unspecified atom stereocenters. The minimum Gasteiger partial charge on any atom is -0.507 e. The van der Waals surface area contributed by atoms with Crippen molar-refractivity contribution in [2.45, 2.75) is 52.1 Å². The second kappa shape index (κ2) is 7.95. The van der Waals surface area contributed by atoms with Crippen LogP contribution in [0.2, 0.25) is 0 Å². The molecule has 0 amide bonds. The zero-order valence-corrected chi connectivity index (χ0v) is 17.1. The first kappa shape index (κ1) is 19.0. The molecular weight excluding hydrogens is 352 g/mol. The third-order valence-electron chi connectivity index (χ3n) is 5.75. The van der Waals surface area contributed by atoms with E-state index in [2.05, 4.69) is 23.6 Å². The maximum Gasteiger partial charge on any atom is 0.135 e.